The third kappa shape index (κ3) is 2.99. The number of anilines is 1. The normalized spacial score (nSPS) is 19.6. The van der Waals surface area contributed by atoms with Crippen molar-refractivity contribution in [3.8, 4) is 0 Å². The monoisotopic (exact) mass is 253 g/mol. The molecule has 4 heteroatoms. The van der Waals surface area contributed by atoms with Crippen molar-refractivity contribution >= 4 is 16.5 Å². The van der Waals surface area contributed by atoms with Gasteiger partial charge in [0.15, 0.2) is 5.13 Å². The highest BCUT2D eigenvalue weighted by Crippen LogP contribution is 2.30. The summed E-state index contributed by atoms with van der Waals surface area (Å²) in [4.78, 5) is 8.49. The lowest BCUT2D eigenvalue weighted by atomic mass is 9.96. The molecule has 0 fully saturated rings. The Hall–Kier alpha value is -0.610. The summed E-state index contributed by atoms with van der Waals surface area (Å²) in [6, 6.07) is 0.710. The van der Waals surface area contributed by atoms with Crippen LogP contribution < -0.4 is 5.73 Å². The molecule has 17 heavy (non-hydrogen) atoms. The van der Waals surface area contributed by atoms with Crippen LogP contribution in [0.15, 0.2) is 0 Å². The van der Waals surface area contributed by atoms with Crippen LogP contribution in [-0.2, 0) is 12.8 Å². The van der Waals surface area contributed by atoms with Gasteiger partial charge in [-0.25, -0.2) is 4.98 Å². The number of rotatable bonds is 5. The number of nitrogens with zero attached hydrogens (tertiary/aromatic N) is 2. The van der Waals surface area contributed by atoms with Gasteiger partial charge in [-0.05, 0) is 45.2 Å². The van der Waals surface area contributed by atoms with Crippen LogP contribution in [0.4, 0.5) is 5.13 Å². The first kappa shape index (κ1) is 12.8. The van der Waals surface area contributed by atoms with Gasteiger partial charge in [0.05, 0.1) is 5.69 Å². The van der Waals surface area contributed by atoms with E-state index >= 15 is 0 Å². The molecule has 0 unspecified atom stereocenters. The maximum Gasteiger partial charge on any atom is 0.180 e. The van der Waals surface area contributed by atoms with E-state index in [-0.39, 0.29) is 0 Å². The summed E-state index contributed by atoms with van der Waals surface area (Å²) in [7, 11) is 0. The van der Waals surface area contributed by atoms with Crippen molar-refractivity contribution in [3.05, 3.63) is 10.6 Å². The molecule has 1 aliphatic rings. The van der Waals surface area contributed by atoms with Crippen molar-refractivity contribution < 1.29 is 0 Å². The second-order valence-electron chi connectivity index (χ2n) is 4.85. The molecule has 0 radical (unpaired) electrons. The number of nitrogens with two attached hydrogens (primary N) is 1. The van der Waals surface area contributed by atoms with Crippen LogP contribution in [0, 0.1) is 0 Å². The van der Waals surface area contributed by atoms with E-state index in [1.807, 2.05) is 0 Å². The number of hydrogen-bond acceptors (Lipinski definition) is 4. The maximum absolute atomic E-state index is 5.79. The van der Waals surface area contributed by atoms with Gasteiger partial charge in [0.2, 0.25) is 0 Å². The Bertz CT molecular complexity index is 356. The average Bonchev–Trinajstić information content (AvgIpc) is 2.67. The number of hydrogen-bond donors (Lipinski definition) is 1. The molecule has 3 nitrogen and oxygen atoms in total. The average molecular weight is 253 g/mol. The number of thiazole rings is 1. The fourth-order valence-corrected chi connectivity index (χ4v) is 3.69. The van der Waals surface area contributed by atoms with Gasteiger partial charge in [0, 0.05) is 10.9 Å². The summed E-state index contributed by atoms with van der Waals surface area (Å²) in [5.74, 6) is 0. The van der Waals surface area contributed by atoms with Gasteiger partial charge in [-0.2, -0.15) is 0 Å². The number of aryl methyl sites for hydroxylation is 1. The minimum Gasteiger partial charge on any atom is -0.375 e. The SMILES string of the molecule is CCCN(CCC)[C@H]1CCc2nc(N)sc2C1. The zero-order valence-corrected chi connectivity index (χ0v) is 11.7. The second-order valence-corrected chi connectivity index (χ2v) is 5.97. The van der Waals surface area contributed by atoms with E-state index in [0.717, 1.165) is 18.0 Å². The molecule has 96 valence electrons. The topological polar surface area (TPSA) is 42.2 Å². The lowest BCUT2D eigenvalue weighted by Gasteiger charge is -2.33. The summed E-state index contributed by atoms with van der Waals surface area (Å²) < 4.78 is 0. The van der Waals surface area contributed by atoms with E-state index in [1.54, 1.807) is 11.3 Å². The summed E-state index contributed by atoms with van der Waals surface area (Å²) in [5.41, 5.74) is 7.05. The molecule has 1 aromatic rings. The predicted octanol–water partition coefficient (Wildman–Crippen LogP) is 2.70. The maximum atomic E-state index is 5.79. The molecule has 1 aliphatic carbocycles. The Morgan fingerprint density at radius 2 is 2.06 bits per heavy atom. The number of aromatic nitrogens is 1. The molecule has 0 bridgehead atoms. The molecule has 1 atom stereocenters. The van der Waals surface area contributed by atoms with Gasteiger partial charge in [0.25, 0.3) is 0 Å². The largest absolute Gasteiger partial charge is 0.375 e. The lowest BCUT2D eigenvalue weighted by molar-refractivity contribution is 0.180. The molecule has 0 aliphatic heterocycles. The van der Waals surface area contributed by atoms with Gasteiger partial charge < -0.3 is 10.6 Å². The van der Waals surface area contributed by atoms with Gasteiger partial charge in [0.1, 0.15) is 0 Å². The zero-order chi connectivity index (χ0) is 12.3. The molecule has 1 aromatic heterocycles. The van der Waals surface area contributed by atoms with Gasteiger partial charge in [-0.1, -0.05) is 13.8 Å². The highest BCUT2D eigenvalue weighted by Gasteiger charge is 2.25. The van der Waals surface area contributed by atoms with E-state index in [2.05, 4.69) is 23.7 Å². The van der Waals surface area contributed by atoms with Crippen LogP contribution in [0.2, 0.25) is 0 Å². The quantitative estimate of drug-likeness (QED) is 0.877. The van der Waals surface area contributed by atoms with Crippen molar-refractivity contribution in [1.29, 1.82) is 0 Å². The minimum absolute atomic E-state index is 0.710. The van der Waals surface area contributed by atoms with Crippen LogP contribution in [0.1, 0.15) is 43.7 Å². The van der Waals surface area contributed by atoms with Crippen molar-refractivity contribution in [3.63, 3.8) is 0 Å². The lowest BCUT2D eigenvalue weighted by Crippen LogP contribution is -2.40. The van der Waals surface area contributed by atoms with E-state index < -0.39 is 0 Å². The van der Waals surface area contributed by atoms with Crippen LogP contribution >= 0.6 is 11.3 Å². The highest BCUT2D eigenvalue weighted by molar-refractivity contribution is 7.15. The van der Waals surface area contributed by atoms with Gasteiger partial charge in [-0.3, -0.25) is 0 Å². The van der Waals surface area contributed by atoms with Crippen LogP contribution in [0.25, 0.3) is 0 Å². The Morgan fingerprint density at radius 1 is 1.35 bits per heavy atom. The van der Waals surface area contributed by atoms with Gasteiger partial charge >= 0.3 is 0 Å². The molecule has 2 N–H and O–H groups in total. The van der Waals surface area contributed by atoms with Crippen molar-refractivity contribution in [1.82, 2.24) is 9.88 Å². The molecular formula is C13H23N3S. The molecule has 0 spiro atoms. The smallest absolute Gasteiger partial charge is 0.180 e. The Labute approximate surface area is 108 Å². The first-order valence-electron chi connectivity index (χ1n) is 6.72. The standard InChI is InChI=1S/C13H23N3S/c1-3-7-16(8-4-2)10-5-6-11-12(9-10)17-13(14)15-11/h10H,3-9H2,1-2H3,(H2,14,15)/t10-/m0/s1. The molecule has 0 amide bonds. The third-order valence-electron chi connectivity index (χ3n) is 3.47. The molecule has 0 saturated carbocycles. The highest BCUT2D eigenvalue weighted by atomic mass is 32.1. The van der Waals surface area contributed by atoms with Gasteiger partial charge in [-0.15, -0.1) is 11.3 Å². The number of fused-ring (bicyclic) bond motifs is 1. The van der Waals surface area contributed by atoms with E-state index in [1.165, 1.54) is 42.9 Å². The molecule has 2 rings (SSSR count). The van der Waals surface area contributed by atoms with Crippen molar-refractivity contribution in [2.24, 2.45) is 0 Å². The Kier molecular flexibility index (Phi) is 4.40. The molecule has 1 heterocycles. The summed E-state index contributed by atoms with van der Waals surface area (Å²) in [6.45, 7) is 6.98. The fraction of sp³-hybridized carbons (Fsp3) is 0.769. The van der Waals surface area contributed by atoms with Crippen LogP contribution in [-0.4, -0.2) is 29.0 Å². The number of nitrogen functional groups attached to an aromatic ring is 1. The summed E-state index contributed by atoms with van der Waals surface area (Å²) in [6.07, 6.45) is 6.00. The first-order valence-corrected chi connectivity index (χ1v) is 7.54. The Balaban J connectivity index is 2.04. The van der Waals surface area contributed by atoms with Crippen LogP contribution in [0.3, 0.4) is 0 Å². The molecule has 0 saturated heterocycles. The summed E-state index contributed by atoms with van der Waals surface area (Å²) >= 11 is 1.69. The third-order valence-corrected chi connectivity index (χ3v) is 4.42. The fourth-order valence-electron chi connectivity index (χ4n) is 2.74. The second kappa shape index (κ2) is 5.83. The summed E-state index contributed by atoms with van der Waals surface area (Å²) in [5, 5.41) is 0.744. The molecule has 0 aromatic carbocycles. The van der Waals surface area contributed by atoms with E-state index in [0.29, 0.717) is 6.04 Å². The van der Waals surface area contributed by atoms with E-state index in [4.69, 9.17) is 5.73 Å². The molecular weight excluding hydrogens is 230 g/mol. The van der Waals surface area contributed by atoms with Crippen molar-refractivity contribution in [2.45, 2.75) is 52.0 Å². The van der Waals surface area contributed by atoms with Crippen LogP contribution in [0.5, 0.6) is 0 Å². The van der Waals surface area contributed by atoms with Crippen molar-refractivity contribution in [2.75, 3.05) is 18.8 Å². The van der Waals surface area contributed by atoms with E-state index in [9.17, 15) is 0 Å². The predicted molar refractivity (Wildman–Crippen MR) is 74.5 cm³/mol. The minimum atomic E-state index is 0.710. The first-order chi connectivity index (χ1) is 8.24. The Morgan fingerprint density at radius 3 is 2.71 bits per heavy atom. The zero-order valence-electron chi connectivity index (χ0n) is 10.9.